The van der Waals surface area contributed by atoms with Crippen molar-refractivity contribution in [3.05, 3.63) is 23.8 Å². The van der Waals surface area contributed by atoms with Crippen LogP contribution >= 0.6 is 11.8 Å². The highest BCUT2D eigenvalue weighted by Gasteiger charge is 2.26. The van der Waals surface area contributed by atoms with Crippen LogP contribution in [0.4, 0.5) is 27.6 Å². The molecule has 0 unspecified atom stereocenters. The number of nitrogens with two attached hydrogens (primary N) is 1. The lowest BCUT2D eigenvalue weighted by Crippen LogP contribution is -2.08. The predicted octanol–water partition coefficient (Wildman–Crippen LogP) is 3.59. The number of halogens is 5. The summed E-state index contributed by atoms with van der Waals surface area (Å²) in [7, 11) is 0. The van der Waals surface area contributed by atoms with E-state index >= 15 is 0 Å². The highest BCUT2D eigenvalue weighted by molar-refractivity contribution is 7.99. The number of hydrogen-bond donors (Lipinski definition) is 1. The van der Waals surface area contributed by atoms with Gasteiger partial charge in [-0.3, -0.25) is 0 Å². The van der Waals surface area contributed by atoms with Crippen LogP contribution in [0.3, 0.4) is 0 Å². The summed E-state index contributed by atoms with van der Waals surface area (Å²) in [5.41, 5.74) is 5.06. The molecule has 1 rings (SSSR count). The number of rotatable bonds is 3. The molecule has 0 radical (unpaired) electrons. The molecule has 1 aromatic rings. The number of anilines is 1. The van der Waals surface area contributed by atoms with Crippen LogP contribution in [-0.2, 0) is 0 Å². The monoisotopic (exact) mass is 257 g/mol. The largest absolute Gasteiger partial charge is 0.399 e. The van der Waals surface area contributed by atoms with Gasteiger partial charge in [-0.25, -0.2) is 8.78 Å². The van der Waals surface area contributed by atoms with Crippen LogP contribution in [-0.4, -0.2) is 11.9 Å². The van der Waals surface area contributed by atoms with Gasteiger partial charge in [0.2, 0.25) is 0 Å². The van der Waals surface area contributed by atoms with Crippen molar-refractivity contribution >= 4 is 17.4 Å². The number of thioether (sulfide) groups is 1. The maximum atomic E-state index is 13.1. The van der Waals surface area contributed by atoms with E-state index in [-0.39, 0.29) is 5.69 Å². The maximum absolute atomic E-state index is 13.1. The summed E-state index contributed by atoms with van der Waals surface area (Å²) in [4.78, 5) is -0.432. The molecule has 0 aliphatic carbocycles. The SMILES string of the molecule is Nc1cc(F)c(SCCC(F)(F)F)c(F)c1. The standard InChI is InChI=1S/C9H8F5NS/c10-6-3-5(15)4-7(11)8(6)16-2-1-9(12,13)14/h3-4H,1-2,15H2. The molecule has 16 heavy (non-hydrogen) atoms. The zero-order valence-electron chi connectivity index (χ0n) is 7.94. The fourth-order valence-electron chi connectivity index (χ4n) is 0.986. The van der Waals surface area contributed by atoms with Gasteiger partial charge in [0, 0.05) is 11.4 Å². The zero-order valence-corrected chi connectivity index (χ0v) is 8.76. The topological polar surface area (TPSA) is 26.0 Å². The minimum atomic E-state index is -4.33. The van der Waals surface area contributed by atoms with Gasteiger partial charge in [-0.2, -0.15) is 13.2 Å². The van der Waals surface area contributed by atoms with Crippen LogP contribution in [0.1, 0.15) is 6.42 Å². The number of alkyl halides is 3. The van der Waals surface area contributed by atoms with Gasteiger partial charge in [0.1, 0.15) is 11.6 Å². The second-order valence-electron chi connectivity index (χ2n) is 3.03. The van der Waals surface area contributed by atoms with Crippen molar-refractivity contribution in [2.45, 2.75) is 17.5 Å². The Morgan fingerprint density at radius 1 is 1.12 bits per heavy atom. The first kappa shape index (κ1) is 13.1. The van der Waals surface area contributed by atoms with Crippen LogP contribution < -0.4 is 5.73 Å². The van der Waals surface area contributed by atoms with E-state index in [2.05, 4.69) is 0 Å². The summed E-state index contributed by atoms with van der Waals surface area (Å²) in [6, 6.07) is 1.75. The molecule has 90 valence electrons. The summed E-state index contributed by atoms with van der Waals surface area (Å²) >= 11 is 0.484. The van der Waals surface area contributed by atoms with Crippen LogP contribution in [0.25, 0.3) is 0 Å². The molecule has 0 fully saturated rings. The first-order chi connectivity index (χ1) is 7.29. The maximum Gasteiger partial charge on any atom is 0.389 e. The Bertz CT molecular complexity index is 354. The first-order valence-corrected chi connectivity index (χ1v) is 5.22. The van der Waals surface area contributed by atoms with E-state index in [1.165, 1.54) is 0 Å². The van der Waals surface area contributed by atoms with E-state index < -0.39 is 34.9 Å². The molecule has 0 bridgehead atoms. The van der Waals surface area contributed by atoms with E-state index in [4.69, 9.17) is 5.73 Å². The van der Waals surface area contributed by atoms with Crippen LogP contribution in [0, 0.1) is 11.6 Å². The molecule has 0 aliphatic heterocycles. The van der Waals surface area contributed by atoms with E-state index in [1.807, 2.05) is 0 Å². The molecule has 1 nitrogen and oxygen atoms in total. The molecular formula is C9H8F5NS. The average molecular weight is 257 g/mol. The third-order valence-corrected chi connectivity index (χ3v) is 2.74. The molecule has 7 heteroatoms. The second kappa shape index (κ2) is 4.90. The van der Waals surface area contributed by atoms with Crippen molar-refractivity contribution in [1.29, 1.82) is 0 Å². The Hall–Kier alpha value is -0.980. The van der Waals surface area contributed by atoms with Gasteiger partial charge in [0.05, 0.1) is 11.3 Å². The van der Waals surface area contributed by atoms with Crippen molar-refractivity contribution in [3.8, 4) is 0 Å². The average Bonchev–Trinajstić information content (AvgIpc) is 2.07. The second-order valence-corrected chi connectivity index (χ2v) is 4.13. The van der Waals surface area contributed by atoms with E-state index in [0.717, 1.165) is 12.1 Å². The molecule has 0 amide bonds. The van der Waals surface area contributed by atoms with Crippen molar-refractivity contribution in [3.63, 3.8) is 0 Å². The van der Waals surface area contributed by atoms with Crippen molar-refractivity contribution in [2.75, 3.05) is 11.5 Å². The predicted molar refractivity (Wildman–Crippen MR) is 52.2 cm³/mol. The van der Waals surface area contributed by atoms with Gasteiger partial charge in [-0.1, -0.05) is 0 Å². The molecule has 0 saturated carbocycles. The third-order valence-electron chi connectivity index (χ3n) is 1.65. The summed E-state index contributed by atoms with van der Waals surface area (Å²) in [6.45, 7) is 0. The molecular weight excluding hydrogens is 249 g/mol. The third kappa shape index (κ3) is 3.88. The Morgan fingerprint density at radius 2 is 1.62 bits per heavy atom. The minimum Gasteiger partial charge on any atom is -0.399 e. The van der Waals surface area contributed by atoms with Crippen LogP contribution in [0.15, 0.2) is 17.0 Å². The Labute approximate surface area is 92.8 Å². The van der Waals surface area contributed by atoms with Crippen molar-refractivity contribution < 1.29 is 22.0 Å². The molecule has 2 N–H and O–H groups in total. The molecule has 1 aromatic carbocycles. The molecule has 0 aliphatic rings. The van der Waals surface area contributed by atoms with Gasteiger partial charge < -0.3 is 5.73 Å². The lowest BCUT2D eigenvalue weighted by Gasteiger charge is -2.07. The highest BCUT2D eigenvalue weighted by Crippen LogP contribution is 2.30. The summed E-state index contributed by atoms with van der Waals surface area (Å²) in [5.74, 6) is -2.31. The Morgan fingerprint density at radius 3 is 2.06 bits per heavy atom. The molecule has 0 atom stereocenters. The fourth-order valence-corrected chi connectivity index (χ4v) is 1.92. The molecule has 0 aromatic heterocycles. The number of benzene rings is 1. The Balaban J connectivity index is 2.68. The lowest BCUT2D eigenvalue weighted by atomic mass is 10.3. The lowest BCUT2D eigenvalue weighted by molar-refractivity contribution is -0.129. The molecule has 0 saturated heterocycles. The quantitative estimate of drug-likeness (QED) is 0.508. The summed E-state index contributed by atoms with van der Waals surface area (Å²) in [5, 5.41) is 0. The highest BCUT2D eigenvalue weighted by atomic mass is 32.2. The number of hydrogen-bond acceptors (Lipinski definition) is 2. The van der Waals surface area contributed by atoms with Crippen LogP contribution in [0.2, 0.25) is 0 Å². The van der Waals surface area contributed by atoms with E-state index in [1.54, 1.807) is 0 Å². The smallest absolute Gasteiger partial charge is 0.389 e. The van der Waals surface area contributed by atoms with Crippen molar-refractivity contribution in [1.82, 2.24) is 0 Å². The van der Waals surface area contributed by atoms with Gasteiger partial charge in [-0.15, -0.1) is 11.8 Å². The van der Waals surface area contributed by atoms with E-state index in [9.17, 15) is 22.0 Å². The number of nitrogen functional groups attached to an aromatic ring is 1. The van der Waals surface area contributed by atoms with Gasteiger partial charge in [0.25, 0.3) is 0 Å². The summed E-state index contributed by atoms with van der Waals surface area (Å²) in [6.07, 6.45) is -5.42. The Kier molecular flexibility index (Phi) is 4.01. The minimum absolute atomic E-state index is 0.102. The zero-order chi connectivity index (χ0) is 12.3. The summed E-state index contributed by atoms with van der Waals surface area (Å²) < 4.78 is 61.6. The van der Waals surface area contributed by atoms with Crippen LogP contribution in [0.5, 0.6) is 0 Å². The molecule has 0 heterocycles. The van der Waals surface area contributed by atoms with Gasteiger partial charge >= 0.3 is 6.18 Å². The first-order valence-electron chi connectivity index (χ1n) is 4.23. The van der Waals surface area contributed by atoms with Gasteiger partial charge in [-0.05, 0) is 12.1 Å². The normalized spacial score (nSPS) is 11.8. The molecule has 0 spiro atoms. The van der Waals surface area contributed by atoms with Gasteiger partial charge in [0.15, 0.2) is 0 Å². The van der Waals surface area contributed by atoms with Crippen molar-refractivity contribution in [2.24, 2.45) is 0 Å². The van der Waals surface area contributed by atoms with E-state index in [0.29, 0.717) is 11.8 Å². The fraction of sp³-hybridized carbons (Fsp3) is 0.333.